The number of hydrogen-bond donors (Lipinski definition) is 0. The summed E-state index contributed by atoms with van der Waals surface area (Å²) in [6.45, 7) is 4.51. The highest BCUT2D eigenvalue weighted by atomic mass is 16.5. The summed E-state index contributed by atoms with van der Waals surface area (Å²) in [5, 5.41) is 17.2. The summed E-state index contributed by atoms with van der Waals surface area (Å²) < 4.78 is 5.69. The van der Waals surface area contributed by atoms with Gasteiger partial charge in [0.15, 0.2) is 0 Å². The molecule has 0 N–H and O–H groups in total. The molecular weight excluding hydrogens is 212 g/mol. The average Bonchev–Trinajstić information content (AvgIpc) is 2.31. The molecule has 0 heterocycles. The molecule has 0 bridgehead atoms. The van der Waals surface area contributed by atoms with Gasteiger partial charge in [0.1, 0.15) is 5.75 Å². The van der Waals surface area contributed by atoms with Crippen LogP contribution in [-0.4, -0.2) is 6.61 Å². The minimum atomic E-state index is 0.578. The zero-order valence-electron chi connectivity index (χ0n) is 10.3. The van der Waals surface area contributed by atoms with E-state index in [1.165, 1.54) is 0 Å². The van der Waals surface area contributed by atoms with Crippen molar-refractivity contribution in [1.29, 1.82) is 10.5 Å². The Morgan fingerprint density at radius 1 is 1.12 bits per heavy atom. The van der Waals surface area contributed by atoms with Gasteiger partial charge in [-0.15, -0.1) is 0 Å². The van der Waals surface area contributed by atoms with Crippen molar-refractivity contribution in [2.24, 2.45) is 0 Å². The van der Waals surface area contributed by atoms with Gasteiger partial charge in [0, 0.05) is 6.42 Å². The number of ether oxygens (including phenoxy) is 1. The molecule has 3 heteroatoms. The Kier molecular flexibility index (Phi) is 5.04. The second-order valence-corrected chi connectivity index (χ2v) is 4.01. The number of unbranched alkanes of at least 4 members (excludes halogenated alkanes) is 2. The molecule has 1 aromatic rings. The topological polar surface area (TPSA) is 56.8 Å². The lowest BCUT2D eigenvalue weighted by molar-refractivity contribution is 0.303. The van der Waals surface area contributed by atoms with Gasteiger partial charge in [-0.2, -0.15) is 10.5 Å². The van der Waals surface area contributed by atoms with Crippen molar-refractivity contribution in [1.82, 2.24) is 0 Å². The van der Waals surface area contributed by atoms with Crippen LogP contribution in [0.3, 0.4) is 0 Å². The standard InChI is InChI=1S/C14H16N2O/c1-11-8-13(10-16)9-12(2)14(11)17-7-5-3-4-6-15/h8-9H,3-5,7H2,1-2H3. The molecule has 0 unspecified atom stereocenters. The Balaban J connectivity index is 2.60. The normalized spacial score (nSPS) is 9.41. The fourth-order valence-electron chi connectivity index (χ4n) is 1.72. The van der Waals surface area contributed by atoms with Crippen molar-refractivity contribution in [3.63, 3.8) is 0 Å². The first kappa shape index (κ1) is 13.1. The molecule has 17 heavy (non-hydrogen) atoms. The number of hydrogen-bond acceptors (Lipinski definition) is 3. The van der Waals surface area contributed by atoms with Crippen LogP contribution in [-0.2, 0) is 0 Å². The van der Waals surface area contributed by atoms with Crippen LogP contribution in [0.4, 0.5) is 0 Å². The van der Waals surface area contributed by atoms with Gasteiger partial charge in [0.2, 0.25) is 0 Å². The van der Waals surface area contributed by atoms with Crippen LogP contribution in [0.1, 0.15) is 36.0 Å². The van der Waals surface area contributed by atoms with E-state index in [1.807, 2.05) is 26.0 Å². The summed E-state index contributed by atoms with van der Waals surface area (Å²) in [6, 6.07) is 7.90. The second kappa shape index (κ2) is 6.55. The molecule has 0 radical (unpaired) electrons. The Bertz CT molecular complexity index is 443. The summed E-state index contributed by atoms with van der Waals surface area (Å²) in [6.07, 6.45) is 2.33. The van der Waals surface area contributed by atoms with Crippen molar-refractivity contribution in [2.75, 3.05) is 6.61 Å². The van der Waals surface area contributed by atoms with Gasteiger partial charge >= 0.3 is 0 Å². The van der Waals surface area contributed by atoms with Crippen LogP contribution in [0.5, 0.6) is 5.75 Å². The molecule has 0 saturated carbocycles. The van der Waals surface area contributed by atoms with Crippen LogP contribution in [0.25, 0.3) is 0 Å². The predicted molar refractivity (Wildman–Crippen MR) is 65.6 cm³/mol. The molecule has 0 aliphatic carbocycles. The summed E-state index contributed by atoms with van der Waals surface area (Å²) in [5.41, 5.74) is 2.64. The van der Waals surface area contributed by atoms with Gasteiger partial charge in [-0.25, -0.2) is 0 Å². The summed E-state index contributed by atoms with van der Waals surface area (Å²) in [7, 11) is 0. The maximum Gasteiger partial charge on any atom is 0.125 e. The monoisotopic (exact) mass is 228 g/mol. The first-order valence-corrected chi connectivity index (χ1v) is 5.70. The number of nitrogens with zero attached hydrogens (tertiary/aromatic N) is 2. The average molecular weight is 228 g/mol. The molecule has 0 aliphatic rings. The van der Waals surface area contributed by atoms with Crippen LogP contribution in [0, 0.1) is 36.5 Å². The van der Waals surface area contributed by atoms with E-state index in [0.717, 1.165) is 29.7 Å². The molecule has 0 aromatic heterocycles. The number of rotatable bonds is 5. The third kappa shape index (κ3) is 3.81. The molecule has 0 saturated heterocycles. The molecule has 0 spiro atoms. The summed E-state index contributed by atoms with van der Waals surface area (Å²) >= 11 is 0. The lowest BCUT2D eigenvalue weighted by atomic mass is 10.1. The van der Waals surface area contributed by atoms with Gasteiger partial charge < -0.3 is 4.74 Å². The van der Waals surface area contributed by atoms with Crippen LogP contribution < -0.4 is 4.74 Å². The van der Waals surface area contributed by atoms with Crippen molar-refractivity contribution >= 4 is 0 Å². The van der Waals surface area contributed by atoms with Crippen LogP contribution in [0.15, 0.2) is 12.1 Å². The van der Waals surface area contributed by atoms with Crippen molar-refractivity contribution in [3.8, 4) is 17.9 Å². The highest BCUT2D eigenvalue weighted by Crippen LogP contribution is 2.24. The van der Waals surface area contributed by atoms with E-state index in [0.29, 0.717) is 18.6 Å². The van der Waals surface area contributed by atoms with Crippen molar-refractivity contribution in [3.05, 3.63) is 28.8 Å². The molecule has 3 nitrogen and oxygen atoms in total. The third-order valence-electron chi connectivity index (χ3n) is 2.52. The summed E-state index contributed by atoms with van der Waals surface area (Å²) in [5.74, 6) is 0.862. The maximum atomic E-state index is 8.83. The first-order chi connectivity index (χ1) is 8.19. The van der Waals surface area contributed by atoms with Gasteiger partial charge in [-0.3, -0.25) is 0 Å². The van der Waals surface area contributed by atoms with E-state index in [2.05, 4.69) is 12.1 Å². The molecule has 88 valence electrons. The first-order valence-electron chi connectivity index (χ1n) is 5.70. The highest BCUT2D eigenvalue weighted by molar-refractivity contribution is 5.47. The number of aryl methyl sites for hydroxylation is 2. The molecule has 1 rings (SSSR count). The Morgan fingerprint density at radius 2 is 1.76 bits per heavy atom. The van der Waals surface area contributed by atoms with Crippen LogP contribution in [0.2, 0.25) is 0 Å². The fraction of sp³-hybridized carbons (Fsp3) is 0.429. The van der Waals surface area contributed by atoms with Crippen molar-refractivity contribution < 1.29 is 4.74 Å². The van der Waals surface area contributed by atoms with E-state index in [4.69, 9.17) is 15.3 Å². The maximum absolute atomic E-state index is 8.83. The largest absolute Gasteiger partial charge is 0.493 e. The van der Waals surface area contributed by atoms with E-state index in [9.17, 15) is 0 Å². The fourth-order valence-corrected chi connectivity index (χ4v) is 1.72. The smallest absolute Gasteiger partial charge is 0.125 e. The minimum Gasteiger partial charge on any atom is -0.493 e. The van der Waals surface area contributed by atoms with Crippen molar-refractivity contribution in [2.45, 2.75) is 33.1 Å². The third-order valence-corrected chi connectivity index (χ3v) is 2.52. The minimum absolute atomic E-state index is 0.578. The van der Waals surface area contributed by atoms with E-state index >= 15 is 0 Å². The van der Waals surface area contributed by atoms with E-state index < -0.39 is 0 Å². The van der Waals surface area contributed by atoms with Crippen LogP contribution >= 0.6 is 0 Å². The van der Waals surface area contributed by atoms with Gasteiger partial charge in [-0.1, -0.05) is 0 Å². The lowest BCUT2D eigenvalue weighted by Gasteiger charge is -2.12. The SMILES string of the molecule is Cc1cc(C#N)cc(C)c1OCCCCC#N. The Labute approximate surface area is 102 Å². The molecule has 0 aliphatic heterocycles. The van der Waals surface area contributed by atoms with Gasteiger partial charge in [0.25, 0.3) is 0 Å². The lowest BCUT2D eigenvalue weighted by Crippen LogP contribution is -2.01. The molecule has 1 aromatic carbocycles. The molecule has 0 fully saturated rings. The van der Waals surface area contributed by atoms with Gasteiger partial charge in [0.05, 0.1) is 24.3 Å². The zero-order valence-corrected chi connectivity index (χ0v) is 10.3. The summed E-state index contributed by atoms with van der Waals surface area (Å²) in [4.78, 5) is 0. The Hall–Kier alpha value is -2.00. The molecule has 0 atom stereocenters. The number of benzene rings is 1. The predicted octanol–water partition coefficient (Wildman–Crippen LogP) is 3.25. The quantitative estimate of drug-likeness (QED) is 0.727. The van der Waals surface area contributed by atoms with E-state index in [-0.39, 0.29) is 0 Å². The molecular formula is C14H16N2O. The van der Waals surface area contributed by atoms with E-state index in [1.54, 1.807) is 0 Å². The van der Waals surface area contributed by atoms with Gasteiger partial charge in [-0.05, 0) is 49.9 Å². The highest BCUT2D eigenvalue weighted by Gasteiger charge is 2.06. The Morgan fingerprint density at radius 3 is 2.29 bits per heavy atom. The number of nitriles is 2. The zero-order chi connectivity index (χ0) is 12.7. The molecule has 0 amide bonds. The second-order valence-electron chi connectivity index (χ2n) is 4.01.